The first-order valence-corrected chi connectivity index (χ1v) is 9.26. The standard InChI is InChI=1S/C24H19BN2O2/c1-17-7-2-3-8-19(13-17)23-15-20(18-9-6-10-21(14-18)25(28)29)16-24(27-23)22-11-4-5-12-26-22/h2-16,28-29H,1H2. The van der Waals surface area contributed by atoms with Crippen LogP contribution in [0.25, 0.3) is 28.1 Å². The average Bonchev–Trinajstić information content (AvgIpc) is 2.98. The van der Waals surface area contributed by atoms with E-state index < -0.39 is 7.12 Å². The Morgan fingerprint density at radius 2 is 1.62 bits per heavy atom. The van der Waals surface area contributed by atoms with Gasteiger partial charge < -0.3 is 10.0 Å². The zero-order valence-electron chi connectivity index (χ0n) is 15.7. The molecule has 0 amide bonds. The van der Waals surface area contributed by atoms with Crippen LogP contribution in [0.4, 0.5) is 0 Å². The van der Waals surface area contributed by atoms with E-state index >= 15 is 0 Å². The molecule has 0 aliphatic heterocycles. The zero-order valence-corrected chi connectivity index (χ0v) is 15.7. The van der Waals surface area contributed by atoms with Crippen LogP contribution in [-0.2, 0) is 0 Å². The number of pyridine rings is 2. The molecule has 0 saturated carbocycles. The lowest BCUT2D eigenvalue weighted by Crippen LogP contribution is -2.29. The number of aromatic nitrogens is 2. The molecule has 4 rings (SSSR count). The molecule has 0 saturated heterocycles. The first kappa shape index (κ1) is 18.8. The van der Waals surface area contributed by atoms with Crippen molar-refractivity contribution in [1.82, 2.24) is 9.97 Å². The second kappa shape index (κ2) is 8.23. The van der Waals surface area contributed by atoms with E-state index in [2.05, 4.69) is 11.6 Å². The van der Waals surface area contributed by atoms with Crippen LogP contribution < -0.4 is 5.46 Å². The number of hydrogen-bond acceptors (Lipinski definition) is 4. The van der Waals surface area contributed by atoms with Crippen LogP contribution in [0.15, 0.2) is 103 Å². The summed E-state index contributed by atoms with van der Waals surface area (Å²) >= 11 is 0. The first-order chi connectivity index (χ1) is 14.1. The molecule has 2 heterocycles. The van der Waals surface area contributed by atoms with Crippen molar-refractivity contribution in [3.8, 4) is 22.5 Å². The van der Waals surface area contributed by atoms with Crippen molar-refractivity contribution < 1.29 is 10.0 Å². The Labute approximate surface area is 170 Å². The number of rotatable bonds is 4. The lowest BCUT2D eigenvalue weighted by atomic mass is 9.79. The lowest BCUT2D eigenvalue weighted by Gasteiger charge is -2.11. The highest BCUT2D eigenvalue weighted by Crippen LogP contribution is 2.29. The molecule has 140 valence electrons. The molecule has 1 aromatic carbocycles. The van der Waals surface area contributed by atoms with Crippen LogP contribution in [0, 0.1) is 0 Å². The predicted octanol–water partition coefficient (Wildman–Crippen LogP) is 3.56. The Morgan fingerprint density at radius 1 is 0.793 bits per heavy atom. The fourth-order valence-corrected chi connectivity index (χ4v) is 3.16. The molecule has 0 radical (unpaired) electrons. The van der Waals surface area contributed by atoms with E-state index in [0.717, 1.165) is 39.4 Å². The third-order valence-corrected chi connectivity index (χ3v) is 4.60. The van der Waals surface area contributed by atoms with Gasteiger partial charge in [0.15, 0.2) is 0 Å². The summed E-state index contributed by atoms with van der Waals surface area (Å²) in [6.07, 6.45) is 11.6. The third kappa shape index (κ3) is 4.32. The van der Waals surface area contributed by atoms with Crippen LogP contribution in [-0.4, -0.2) is 27.1 Å². The molecule has 3 aromatic rings. The van der Waals surface area contributed by atoms with Gasteiger partial charge in [-0.2, -0.15) is 0 Å². The summed E-state index contributed by atoms with van der Waals surface area (Å²) in [6.45, 7) is 4.04. The van der Waals surface area contributed by atoms with Crippen LogP contribution in [0.3, 0.4) is 0 Å². The van der Waals surface area contributed by atoms with E-state index in [1.165, 1.54) is 0 Å². The predicted molar refractivity (Wildman–Crippen MR) is 118 cm³/mol. The molecule has 5 heteroatoms. The van der Waals surface area contributed by atoms with E-state index in [9.17, 15) is 10.0 Å². The van der Waals surface area contributed by atoms with Crippen molar-refractivity contribution in [3.05, 3.63) is 109 Å². The smallest absolute Gasteiger partial charge is 0.423 e. The zero-order chi connectivity index (χ0) is 20.2. The quantitative estimate of drug-likeness (QED) is 0.682. The Balaban J connectivity index is 1.89. The normalized spacial score (nSPS) is 13.2. The highest BCUT2D eigenvalue weighted by atomic mass is 16.4. The van der Waals surface area contributed by atoms with Gasteiger partial charge in [-0.1, -0.05) is 61.2 Å². The van der Waals surface area contributed by atoms with E-state index in [-0.39, 0.29) is 0 Å². The van der Waals surface area contributed by atoms with E-state index in [1.807, 2.05) is 66.8 Å². The van der Waals surface area contributed by atoms with Gasteiger partial charge in [0, 0.05) is 11.8 Å². The number of allylic oxidation sites excluding steroid dienone is 7. The van der Waals surface area contributed by atoms with Crippen molar-refractivity contribution in [1.29, 1.82) is 0 Å². The summed E-state index contributed by atoms with van der Waals surface area (Å²) in [6, 6.07) is 16.9. The van der Waals surface area contributed by atoms with Crippen LogP contribution in [0.2, 0.25) is 0 Å². The largest absolute Gasteiger partial charge is 0.488 e. The number of benzene rings is 1. The highest BCUT2D eigenvalue weighted by molar-refractivity contribution is 6.58. The SMILES string of the molecule is C=C1C=CC=CC(c2cc(-c3cccc(B(O)O)c3)cc(-c3ccccn3)n2)=C1. The second-order valence-electron chi connectivity index (χ2n) is 6.73. The Kier molecular flexibility index (Phi) is 5.34. The molecule has 2 N–H and O–H groups in total. The maximum atomic E-state index is 9.54. The summed E-state index contributed by atoms with van der Waals surface area (Å²) in [7, 11) is -1.52. The molecule has 29 heavy (non-hydrogen) atoms. The topological polar surface area (TPSA) is 66.2 Å². The van der Waals surface area contributed by atoms with Crippen LogP contribution in [0.5, 0.6) is 0 Å². The van der Waals surface area contributed by atoms with Crippen molar-refractivity contribution in [3.63, 3.8) is 0 Å². The average molecular weight is 378 g/mol. The van der Waals surface area contributed by atoms with Crippen molar-refractivity contribution in [2.45, 2.75) is 0 Å². The summed E-state index contributed by atoms with van der Waals surface area (Å²) in [5.74, 6) is 0. The summed E-state index contributed by atoms with van der Waals surface area (Å²) in [5.41, 5.74) is 6.35. The van der Waals surface area contributed by atoms with Crippen LogP contribution >= 0.6 is 0 Å². The highest BCUT2D eigenvalue weighted by Gasteiger charge is 2.14. The van der Waals surface area contributed by atoms with Gasteiger partial charge in [0.2, 0.25) is 0 Å². The van der Waals surface area contributed by atoms with Gasteiger partial charge in [0.1, 0.15) is 0 Å². The maximum absolute atomic E-state index is 9.54. The third-order valence-electron chi connectivity index (χ3n) is 4.60. The van der Waals surface area contributed by atoms with Crippen molar-refractivity contribution >= 4 is 18.2 Å². The minimum atomic E-state index is -1.52. The summed E-state index contributed by atoms with van der Waals surface area (Å²) in [4.78, 5) is 9.28. The Bertz CT molecular complexity index is 1150. The van der Waals surface area contributed by atoms with Gasteiger partial charge in [-0.3, -0.25) is 4.98 Å². The minimum Gasteiger partial charge on any atom is -0.423 e. The molecule has 0 unspecified atom stereocenters. The molecule has 0 atom stereocenters. The second-order valence-corrected chi connectivity index (χ2v) is 6.73. The number of hydrogen-bond donors (Lipinski definition) is 2. The molecule has 0 bridgehead atoms. The van der Waals surface area contributed by atoms with Crippen molar-refractivity contribution in [2.75, 3.05) is 0 Å². The molecular weight excluding hydrogens is 359 g/mol. The van der Waals surface area contributed by atoms with Gasteiger partial charge in [0.05, 0.1) is 17.1 Å². The first-order valence-electron chi connectivity index (χ1n) is 9.26. The Hall–Kier alpha value is -3.54. The summed E-state index contributed by atoms with van der Waals surface area (Å²) < 4.78 is 0. The van der Waals surface area contributed by atoms with Gasteiger partial charge in [-0.15, -0.1) is 0 Å². The van der Waals surface area contributed by atoms with Gasteiger partial charge in [0.25, 0.3) is 0 Å². The molecule has 1 aliphatic carbocycles. The van der Waals surface area contributed by atoms with E-state index in [1.54, 1.807) is 24.4 Å². The Morgan fingerprint density at radius 3 is 2.41 bits per heavy atom. The minimum absolute atomic E-state index is 0.436. The summed E-state index contributed by atoms with van der Waals surface area (Å²) in [5, 5.41) is 19.1. The fourth-order valence-electron chi connectivity index (χ4n) is 3.16. The van der Waals surface area contributed by atoms with Gasteiger partial charge in [-0.25, -0.2) is 4.98 Å². The van der Waals surface area contributed by atoms with Gasteiger partial charge in [-0.05, 0) is 52.5 Å². The molecule has 4 nitrogen and oxygen atoms in total. The van der Waals surface area contributed by atoms with E-state index in [0.29, 0.717) is 5.46 Å². The lowest BCUT2D eigenvalue weighted by molar-refractivity contribution is 0.426. The molecule has 0 spiro atoms. The van der Waals surface area contributed by atoms with Gasteiger partial charge >= 0.3 is 7.12 Å². The molecule has 2 aromatic heterocycles. The monoisotopic (exact) mass is 378 g/mol. The van der Waals surface area contributed by atoms with Crippen LogP contribution in [0.1, 0.15) is 5.69 Å². The van der Waals surface area contributed by atoms with E-state index in [4.69, 9.17) is 4.98 Å². The maximum Gasteiger partial charge on any atom is 0.488 e. The molecule has 1 aliphatic rings. The molecular formula is C24H19BN2O2. The number of nitrogens with zero attached hydrogens (tertiary/aromatic N) is 2. The molecule has 0 fully saturated rings. The fraction of sp³-hybridized carbons (Fsp3) is 0. The van der Waals surface area contributed by atoms with Crippen molar-refractivity contribution in [2.24, 2.45) is 0 Å².